The maximum absolute atomic E-state index is 10.6. The fourth-order valence-electron chi connectivity index (χ4n) is 0. The first-order valence-electron chi connectivity index (χ1n) is 2.16. The molecule has 16 heavy (non-hydrogen) atoms. The minimum Gasteiger partial charge on any atom is -0.309 e. The Bertz CT molecular complexity index is 217. The molecule has 0 aromatic rings. The summed E-state index contributed by atoms with van der Waals surface area (Å²) in [6.45, 7) is 0. The Kier molecular flexibility index (Phi) is 17.4. The monoisotopic (exact) mass is 388 g/mol. The van der Waals surface area contributed by atoms with Crippen LogP contribution in [-0.2, 0) is 13.7 Å². The quantitative estimate of drug-likeness (QED) is 0.541. The number of halogens is 6. The molecule has 0 bridgehead atoms. The van der Waals surface area contributed by atoms with Crippen LogP contribution in [0.4, 0.5) is 12.6 Å². The molecular formula is H6Cl3F3O6P4. The zero-order valence-electron chi connectivity index (χ0n) is 6.88. The zero-order chi connectivity index (χ0) is 13.5. The summed E-state index contributed by atoms with van der Waals surface area (Å²) in [4.78, 5) is 21.5. The van der Waals surface area contributed by atoms with Gasteiger partial charge in [-0.3, -0.25) is 0 Å². The number of rotatable bonds is 0. The highest BCUT2D eigenvalue weighted by Crippen LogP contribution is 2.48. The maximum atomic E-state index is 10.6. The largest absolute Gasteiger partial charge is 0.458 e. The smallest absolute Gasteiger partial charge is 0.309 e. The second kappa shape index (κ2) is 10.6. The number of hydrogen-bond donors (Lipinski definition) is 3. The van der Waals surface area contributed by atoms with Crippen molar-refractivity contribution in [2.45, 2.75) is 0 Å². The summed E-state index contributed by atoms with van der Waals surface area (Å²) in [6, 6.07) is 0. The van der Waals surface area contributed by atoms with Gasteiger partial charge in [-0.2, -0.15) is 9.90 Å². The van der Waals surface area contributed by atoms with E-state index >= 15 is 0 Å². The Morgan fingerprint density at radius 2 is 0.688 bits per heavy atom. The van der Waals surface area contributed by atoms with Crippen LogP contribution in [0.25, 0.3) is 0 Å². The van der Waals surface area contributed by atoms with Gasteiger partial charge >= 0.3 is 21.1 Å². The van der Waals surface area contributed by atoms with Crippen LogP contribution < -0.4 is 0 Å². The van der Waals surface area contributed by atoms with Crippen LogP contribution in [-0.4, -0.2) is 14.7 Å². The average Bonchev–Trinajstić information content (AvgIpc) is 1.41. The fourth-order valence-corrected chi connectivity index (χ4v) is 0. The SMILES string of the molecule is O=P(O)(F)Cl.O=P(O)(F)Cl.O=P(O)(F)Cl.P. The first-order valence-corrected chi connectivity index (χ1v) is 9.53. The molecule has 0 aromatic heterocycles. The van der Waals surface area contributed by atoms with Gasteiger partial charge in [-0.25, -0.2) is 13.7 Å². The minimum atomic E-state index is -4.67. The molecule has 0 aliphatic carbocycles. The number of hydrogen-bond acceptors (Lipinski definition) is 3. The standard InChI is InChI=1S/3ClFHO2P.H3P/c3*1-5(2,3)4;/h3*(H,3,4);1H3. The summed E-state index contributed by atoms with van der Waals surface area (Å²) >= 11 is 11.9. The van der Waals surface area contributed by atoms with Crippen molar-refractivity contribution in [2.24, 2.45) is 0 Å². The third-order valence-corrected chi connectivity index (χ3v) is 0. The molecule has 104 valence electrons. The highest BCUT2D eigenvalue weighted by molar-refractivity contribution is 7.80. The second-order valence-corrected chi connectivity index (χ2v) is 7.67. The third-order valence-electron chi connectivity index (χ3n) is 0. The first-order chi connectivity index (χ1) is 6.00. The van der Waals surface area contributed by atoms with Crippen molar-refractivity contribution in [1.82, 2.24) is 0 Å². The summed E-state index contributed by atoms with van der Waals surface area (Å²) in [5.74, 6) is 0. The van der Waals surface area contributed by atoms with Crippen LogP contribution in [0, 0.1) is 0 Å². The van der Waals surface area contributed by atoms with E-state index in [4.69, 9.17) is 28.4 Å². The lowest BCUT2D eigenvalue weighted by molar-refractivity contribution is 0.449. The average molecular weight is 389 g/mol. The van der Waals surface area contributed by atoms with Crippen molar-refractivity contribution in [3.63, 3.8) is 0 Å². The van der Waals surface area contributed by atoms with Gasteiger partial charge in [0.25, 0.3) is 0 Å². The molecule has 0 aliphatic heterocycles. The predicted molar refractivity (Wildman–Crippen MR) is 61.5 cm³/mol. The van der Waals surface area contributed by atoms with Crippen LogP contribution in [0.2, 0.25) is 0 Å². The predicted octanol–water partition coefficient (Wildman–Crippen LogP) is 3.94. The molecule has 0 saturated heterocycles. The van der Waals surface area contributed by atoms with E-state index in [2.05, 4.69) is 33.7 Å². The Morgan fingerprint density at radius 1 is 0.688 bits per heavy atom. The second-order valence-electron chi connectivity index (χ2n) is 1.30. The van der Waals surface area contributed by atoms with Crippen molar-refractivity contribution < 1.29 is 41.0 Å². The van der Waals surface area contributed by atoms with Crippen molar-refractivity contribution >= 4 is 64.7 Å². The Labute approximate surface area is 106 Å². The summed E-state index contributed by atoms with van der Waals surface area (Å²) in [6.07, 6.45) is 0. The molecule has 0 aromatic carbocycles. The van der Waals surface area contributed by atoms with Crippen LogP contribution in [0.5, 0.6) is 0 Å². The van der Waals surface area contributed by atoms with E-state index < -0.39 is 21.1 Å². The highest BCUT2D eigenvalue weighted by atomic mass is 35.7. The summed E-state index contributed by atoms with van der Waals surface area (Å²) in [5.41, 5.74) is 0. The lowest BCUT2D eigenvalue weighted by Gasteiger charge is -1.75. The molecule has 0 saturated carbocycles. The van der Waals surface area contributed by atoms with Crippen LogP contribution >= 0.6 is 64.7 Å². The van der Waals surface area contributed by atoms with Crippen LogP contribution in [0.15, 0.2) is 0 Å². The Morgan fingerprint density at radius 3 is 0.688 bits per heavy atom. The molecule has 6 nitrogen and oxygen atoms in total. The van der Waals surface area contributed by atoms with E-state index in [1.807, 2.05) is 0 Å². The molecule has 0 spiro atoms. The lowest BCUT2D eigenvalue weighted by Crippen LogP contribution is -1.42. The maximum Gasteiger partial charge on any atom is 0.458 e. The zero-order valence-corrected chi connectivity index (χ0v) is 13.2. The molecule has 0 rings (SSSR count). The molecule has 0 heterocycles. The summed E-state index contributed by atoms with van der Waals surface area (Å²) in [5, 5.41) is 0. The normalized spacial score (nSPS) is 20.1. The molecule has 0 radical (unpaired) electrons. The highest BCUT2D eigenvalue weighted by Gasteiger charge is 2.06. The van der Waals surface area contributed by atoms with E-state index in [0.29, 0.717) is 0 Å². The topological polar surface area (TPSA) is 112 Å². The van der Waals surface area contributed by atoms with Crippen LogP contribution in [0.1, 0.15) is 0 Å². The van der Waals surface area contributed by atoms with Gasteiger partial charge in [0.05, 0.1) is 0 Å². The van der Waals surface area contributed by atoms with Gasteiger partial charge in [0.2, 0.25) is 0 Å². The Hall–Kier alpha value is 1.66. The van der Waals surface area contributed by atoms with E-state index in [1.165, 1.54) is 0 Å². The molecule has 0 amide bonds. The van der Waals surface area contributed by atoms with Crippen molar-refractivity contribution in [1.29, 1.82) is 0 Å². The molecular weight excluding hydrogens is 383 g/mol. The van der Waals surface area contributed by atoms with E-state index in [0.717, 1.165) is 0 Å². The van der Waals surface area contributed by atoms with Gasteiger partial charge in [-0.1, -0.05) is 0 Å². The van der Waals surface area contributed by atoms with Gasteiger partial charge in [-0.05, 0) is 0 Å². The van der Waals surface area contributed by atoms with Gasteiger partial charge < -0.3 is 14.7 Å². The van der Waals surface area contributed by atoms with Gasteiger partial charge in [0, 0.05) is 33.7 Å². The molecule has 3 N–H and O–H groups in total. The van der Waals surface area contributed by atoms with Crippen molar-refractivity contribution in [3.05, 3.63) is 0 Å². The van der Waals surface area contributed by atoms with Gasteiger partial charge in [0.15, 0.2) is 0 Å². The van der Waals surface area contributed by atoms with Gasteiger partial charge in [0.1, 0.15) is 0 Å². The van der Waals surface area contributed by atoms with E-state index in [1.54, 1.807) is 0 Å². The van der Waals surface area contributed by atoms with E-state index in [9.17, 15) is 12.6 Å². The van der Waals surface area contributed by atoms with Crippen LogP contribution in [0.3, 0.4) is 0 Å². The van der Waals surface area contributed by atoms with Gasteiger partial charge in [-0.15, -0.1) is 12.6 Å². The fraction of sp³-hybridized carbons (Fsp3) is 0. The first kappa shape index (κ1) is 26.3. The molecule has 0 aliphatic rings. The van der Waals surface area contributed by atoms with E-state index in [-0.39, 0.29) is 9.90 Å². The molecule has 16 heteroatoms. The summed E-state index contributed by atoms with van der Waals surface area (Å²) < 4.78 is 58.3. The minimum absolute atomic E-state index is 0. The van der Waals surface area contributed by atoms with Crippen molar-refractivity contribution in [3.8, 4) is 0 Å². The summed E-state index contributed by atoms with van der Waals surface area (Å²) in [7, 11) is -14.0. The molecule has 0 fully saturated rings. The molecule has 4 unspecified atom stereocenters. The van der Waals surface area contributed by atoms with Crippen molar-refractivity contribution in [2.75, 3.05) is 0 Å². The Balaban J connectivity index is -0.0000000655. The lowest BCUT2D eigenvalue weighted by atomic mass is 15.9. The molecule has 4 atom stereocenters. The third kappa shape index (κ3) is 1220.